The lowest BCUT2D eigenvalue weighted by atomic mass is 10.1. The minimum atomic E-state index is -0.290. The Hall–Kier alpha value is -3.16. The Morgan fingerprint density at radius 1 is 1.15 bits per heavy atom. The number of nitrogens with one attached hydrogen (secondary N) is 1. The van der Waals surface area contributed by atoms with E-state index in [2.05, 4.69) is 15.2 Å². The maximum atomic E-state index is 13.0. The van der Waals surface area contributed by atoms with Gasteiger partial charge in [0.25, 0.3) is 5.91 Å². The van der Waals surface area contributed by atoms with Crippen molar-refractivity contribution in [3.8, 4) is 5.88 Å². The number of amides is 1. The number of hydrogen-bond donors (Lipinski definition) is 2. The molecule has 0 bridgehead atoms. The van der Waals surface area contributed by atoms with E-state index in [1.165, 1.54) is 0 Å². The second-order valence-corrected chi connectivity index (χ2v) is 9.32. The third-order valence-electron chi connectivity index (χ3n) is 6.61. The topological polar surface area (TPSA) is 87.6 Å². The van der Waals surface area contributed by atoms with Crippen LogP contribution < -0.4 is 15.0 Å². The van der Waals surface area contributed by atoms with Crippen molar-refractivity contribution < 1.29 is 14.6 Å². The van der Waals surface area contributed by atoms with Crippen molar-refractivity contribution in [2.75, 3.05) is 11.4 Å². The molecule has 3 aromatic rings. The number of ether oxygens (including phenoxy) is 1. The molecule has 1 aliphatic carbocycles. The monoisotopic (exact) mass is 478 g/mol. The molecular weight excluding hydrogens is 452 g/mol. The number of nitrogens with zero attached hydrogens (tertiary/aromatic N) is 3. The molecule has 5 rings (SSSR count). The van der Waals surface area contributed by atoms with Gasteiger partial charge in [-0.05, 0) is 48.4 Å². The van der Waals surface area contributed by atoms with Gasteiger partial charge in [-0.25, -0.2) is 4.98 Å². The van der Waals surface area contributed by atoms with E-state index >= 15 is 0 Å². The van der Waals surface area contributed by atoms with Gasteiger partial charge >= 0.3 is 0 Å². The van der Waals surface area contributed by atoms with Gasteiger partial charge in [0, 0.05) is 29.8 Å². The highest BCUT2D eigenvalue weighted by atomic mass is 35.5. The Kier molecular flexibility index (Phi) is 6.39. The van der Waals surface area contributed by atoms with Crippen LogP contribution in [-0.2, 0) is 19.8 Å². The molecule has 1 spiro atoms. The molecule has 1 amide bonds. The zero-order valence-electron chi connectivity index (χ0n) is 18.8. The third kappa shape index (κ3) is 4.72. The van der Waals surface area contributed by atoms with Crippen molar-refractivity contribution in [3.63, 3.8) is 0 Å². The van der Waals surface area contributed by atoms with Gasteiger partial charge in [-0.2, -0.15) is 4.98 Å². The van der Waals surface area contributed by atoms with E-state index in [1.807, 2.05) is 36.4 Å². The van der Waals surface area contributed by atoms with E-state index < -0.39 is 0 Å². The molecule has 1 aromatic heterocycles. The summed E-state index contributed by atoms with van der Waals surface area (Å²) in [6.07, 6.45) is 6.15. The predicted molar refractivity (Wildman–Crippen MR) is 130 cm³/mol. The summed E-state index contributed by atoms with van der Waals surface area (Å²) in [5.41, 5.74) is 2.95. The van der Waals surface area contributed by atoms with Crippen LogP contribution in [-0.4, -0.2) is 33.1 Å². The van der Waals surface area contributed by atoms with Crippen molar-refractivity contribution in [1.29, 1.82) is 0 Å². The molecule has 0 atom stereocenters. The Balaban J connectivity index is 1.38. The molecule has 0 unspecified atom stereocenters. The minimum Gasteiger partial charge on any atom is -0.472 e. The van der Waals surface area contributed by atoms with Crippen LogP contribution in [0.3, 0.4) is 0 Å². The summed E-state index contributed by atoms with van der Waals surface area (Å²) < 4.78 is 6.05. The average Bonchev–Trinajstić information content (AvgIpc) is 3.52. The Bertz CT molecular complexity index is 1180. The first kappa shape index (κ1) is 22.6. The summed E-state index contributed by atoms with van der Waals surface area (Å²) in [7, 11) is 0. The van der Waals surface area contributed by atoms with Gasteiger partial charge in [-0.3, -0.25) is 4.79 Å². The van der Waals surface area contributed by atoms with Crippen LogP contribution in [0.5, 0.6) is 5.88 Å². The van der Waals surface area contributed by atoms with Crippen LogP contribution in [0, 0.1) is 0 Å². The normalized spacial score (nSPS) is 16.0. The lowest BCUT2D eigenvalue weighted by Gasteiger charge is -2.24. The van der Waals surface area contributed by atoms with Crippen molar-refractivity contribution >= 4 is 23.5 Å². The van der Waals surface area contributed by atoms with Crippen LogP contribution in [0.1, 0.15) is 52.7 Å². The van der Waals surface area contributed by atoms with Crippen LogP contribution >= 0.6 is 11.6 Å². The first-order valence-electron chi connectivity index (χ1n) is 11.6. The standard InChI is InChI=1S/C26H27ClN4O3/c27-22-13-19(7-8-20(22)16-32)17-34-24-21(23(33)28-14-18-5-2-1-3-6-18)15-29-25(30-24)31-12-4-9-26(31)10-11-26/h1-3,5-8,13,15,32H,4,9-12,14,16-17H2,(H,28,33). The summed E-state index contributed by atoms with van der Waals surface area (Å²) in [6, 6.07) is 15.1. The fraction of sp³-hybridized carbons (Fsp3) is 0.346. The van der Waals surface area contributed by atoms with Gasteiger partial charge < -0.3 is 20.1 Å². The van der Waals surface area contributed by atoms with Gasteiger partial charge in [0.1, 0.15) is 12.2 Å². The second-order valence-electron chi connectivity index (χ2n) is 8.91. The van der Waals surface area contributed by atoms with Gasteiger partial charge in [0.2, 0.25) is 11.8 Å². The SMILES string of the molecule is O=C(NCc1ccccc1)c1cnc(N2CCCC23CC3)nc1OCc1ccc(CO)c(Cl)c1. The van der Waals surface area contributed by atoms with Gasteiger partial charge in [0.05, 0.1) is 6.61 Å². The average molecular weight is 479 g/mol. The quantitative estimate of drug-likeness (QED) is 0.503. The maximum Gasteiger partial charge on any atom is 0.258 e. The van der Waals surface area contributed by atoms with Gasteiger partial charge in [-0.1, -0.05) is 54.1 Å². The number of aromatic nitrogens is 2. The number of benzene rings is 2. The highest BCUT2D eigenvalue weighted by Crippen LogP contribution is 2.50. The number of carbonyl (C=O) groups excluding carboxylic acids is 1. The van der Waals surface area contributed by atoms with E-state index in [-0.39, 0.29) is 30.5 Å². The maximum absolute atomic E-state index is 13.0. The Labute approximate surface area is 203 Å². The lowest BCUT2D eigenvalue weighted by Crippen LogP contribution is -2.33. The molecule has 176 valence electrons. The van der Waals surface area contributed by atoms with Crippen molar-refractivity contribution in [1.82, 2.24) is 15.3 Å². The molecule has 34 heavy (non-hydrogen) atoms. The molecule has 7 nitrogen and oxygen atoms in total. The van der Waals surface area contributed by atoms with Crippen LogP contribution in [0.4, 0.5) is 5.95 Å². The molecule has 2 N–H and O–H groups in total. The Morgan fingerprint density at radius 2 is 1.97 bits per heavy atom. The zero-order chi connectivity index (χ0) is 23.5. The lowest BCUT2D eigenvalue weighted by molar-refractivity contribution is 0.0945. The molecule has 1 saturated heterocycles. The summed E-state index contributed by atoms with van der Waals surface area (Å²) in [5, 5.41) is 12.8. The minimum absolute atomic E-state index is 0.126. The number of halogens is 1. The third-order valence-corrected chi connectivity index (χ3v) is 6.96. The second kappa shape index (κ2) is 9.60. The smallest absolute Gasteiger partial charge is 0.258 e. The summed E-state index contributed by atoms with van der Waals surface area (Å²) >= 11 is 6.23. The summed E-state index contributed by atoms with van der Waals surface area (Å²) in [4.78, 5) is 24.5. The van der Waals surface area contributed by atoms with Crippen LogP contribution in [0.25, 0.3) is 0 Å². The molecule has 2 heterocycles. The first-order chi connectivity index (χ1) is 16.6. The molecule has 1 aliphatic heterocycles. The highest BCUT2D eigenvalue weighted by Gasteiger charge is 2.51. The number of hydrogen-bond acceptors (Lipinski definition) is 6. The van der Waals surface area contributed by atoms with E-state index in [1.54, 1.807) is 18.3 Å². The predicted octanol–water partition coefficient (Wildman–Crippen LogP) is 4.26. The number of anilines is 1. The molecule has 2 aromatic carbocycles. The van der Waals surface area contributed by atoms with Gasteiger partial charge in [-0.15, -0.1) is 0 Å². The van der Waals surface area contributed by atoms with Gasteiger partial charge in [0.15, 0.2) is 0 Å². The molecule has 2 fully saturated rings. The summed E-state index contributed by atoms with van der Waals surface area (Å²) in [6.45, 7) is 1.37. The van der Waals surface area contributed by atoms with E-state index in [9.17, 15) is 9.90 Å². The van der Waals surface area contributed by atoms with E-state index in [0.717, 1.165) is 43.4 Å². The summed E-state index contributed by atoms with van der Waals surface area (Å²) in [5.74, 6) is 0.570. The largest absolute Gasteiger partial charge is 0.472 e. The number of carbonyl (C=O) groups is 1. The van der Waals surface area contributed by atoms with Crippen molar-refractivity contribution in [3.05, 3.63) is 82.0 Å². The van der Waals surface area contributed by atoms with Crippen LogP contribution in [0.15, 0.2) is 54.7 Å². The number of aliphatic hydroxyl groups is 1. The number of aliphatic hydroxyl groups excluding tert-OH is 1. The molecule has 2 aliphatic rings. The molecule has 8 heteroatoms. The molecular formula is C26H27ClN4O3. The van der Waals surface area contributed by atoms with Crippen molar-refractivity contribution in [2.45, 2.75) is 51.0 Å². The number of rotatable bonds is 8. The fourth-order valence-electron chi connectivity index (χ4n) is 4.50. The molecule has 0 radical (unpaired) electrons. The van der Waals surface area contributed by atoms with Crippen molar-refractivity contribution in [2.24, 2.45) is 0 Å². The van der Waals surface area contributed by atoms with Crippen LogP contribution in [0.2, 0.25) is 5.02 Å². The highest BCUT2D eigenvalue weighted by molar-refractivity contribution is 6.31. The Morgan fingerprint density at radius 3 is 2.71 bits per heavy atom. The van der Waals surface area contributed by atoms with E-state index in [0.29, 0.717) is 28.6 Å². The fourth-order valence-corrected chi connectivity index (χ4v) is 4.76. The van der Waals surface area contributed by atoms with E-state index in [4.69, 9.17) is 21.3 Å². The first-order valence-corrected chi connectivity index (χ1v) is 11.9. The molecule has 1 saturated carbocycles. The zero-order valence-corrected chi connectivity index (χ0v) is 19.6.